The van der Waals surface area contributed by atoms with Crippen LogP contribution in [0.5, 0.6) is 0 Å². The lowest BCUT2D eigenvalue weighted by atomic mass is 10.1. The number of carbonyl (C=O) groups is 4. The zero-order valence-electron chi connectivity index (χ0n) is 15.6. The molecule has 1 unspecified atom stereocenters. The highest BCUT2D eigenvalue weighted by Gasteiger charge is 2.26. The average molecular weight is 414 g/mol. The van der Waals surface area contributed by atoms with Gasteiger partial charge in [-0.2, -0.15) is 0 Å². The van der Waals surface area contributed by atoms with Crippen LogP contribution in [0.3, 0.4) is 0 Å². The van der Waals surface area contributed by atoms with E-state index >= 15 is 0 Å². The minimum atomic E-state index is -0.947. The largest absolute Gasteiger partial charge is 0.338 e. The van der Waals surface area contributed by atoms with Gasteiger partial charge >= 0.3 is 11.8 Å². The molecule has 3 rings (SSSR count). The normalized spacial score (nSPS) is 14.4. The average Bonchev–Trinajstić information content (AvgIpc) is 3.14. The summed E-state index contributed by atoms with van der Waals surface area (Å²) in [5, 5.41) is 5.26. The molecule has 150 valence electrons. The Kier molecular flexibility index (Phi) is 6.61. The number of carbonyl (C=O) groups excluding carboxylic acids is 4. The van der Waals surface area contributed by atoms with E-state index in [1.54, 1.807) is 17.0 Å². The van der Waals surface area contributed by atoms with Crippen molar-refractivity contribution in [1.29, 1.82) is 0 Å². The second-order valence-electron chi connectivity index (χ2n) is 6.67. The van der Waals surface area contributed by atoms with Gasteiger partial charge in [0, 0.05) is 18.0 Å². The van der Waals surface area contributed by atoms with Gasteiger partial charge in [-0.3, -0.25) is 14.4 Å². The van der Waals surface area contributed by atoms with Gasteiger partial charge in [-0.05, 0) is 36.6 Å². The Morgan fingerprint density at radius 1 is 1.14 bits per heavy atom. The standard InChI is InChI=1S/C21H20ClN3O4/c22-15-8-9-18(25-10-4-7-19(25)27)17(12-15)24-21(29)20(28)23-16(13-26)11-14-5-2-1-3-6-14/h1-3,5-6,8-9,12-13,16H,4,7,10-11H2,(H,23,28)(H,24,29). The molecule has 8 heteroatoms. The summed E-state index contributed by atoms with van der Waals surface area (Å²) in [7, 11) is 0. The van der Waals surface area contributed by atoms with Gasteiger partial charge in [0.1, 0.15) is 6.29 Å². The molecule has 0 saturated carbocycles. The van der Waals surface area contributed by atoms with Crippen molar-refractivity contribution in [3.05, 3.63) is 59.1 Å². The lowest BCUT2D eigenvalue weighted by Crippen LogP contribution is -2.43. The number of rotatable bonds is 6. The third kappa shape index (κ3) is 5.20. The van der Waals surface area contributed by atoms with Crippen molar-refractivity contribution in [2.45, 2.75) is 25.3 Å². The molecule has 3 amide bonds. The number of amides is 3. The van der Waals surface area contributed by atoms with E-state index in [0.29, 0.717) is 30.0 Å². The fraction of sp³-hybridized carbons (Fsp3) is 0.238. The van der Waals surface area contributed by atoms with E-state index in [4.69, 9.17) is 11.6 Å². The minimum absolute atomic E-state index is 0.0591. The van der Waals surface area contributed by atoms with Crippen LogP contribution in [-0.4, -0.2) is 36.6 Å². The summed E-state index contributed by atoms with van der Waals surface area (Å²) in [5.74, 6) is -1.95. The predicted molar refractivity (Wildman–Crippen MR) is 110 cm³/mol. The second kappa shape index (κ2) is 9.34. The fourth-order valence-corrected chi connectivity index (χ4v) is 3.33. The van der Waals surface area contributed by atoms with Crippen molar-refractivity contribution in [3.8, 4) is 0 Å². The summed E-state index contributed by atoms with van der Waals surface area (Å²) in [4.78, 5) is 49.6. The van der Waals surface area contributed by atoms with E-state index in [2.05, 4.69) is 10.6 Å². The molecular weight excluding hydrogens is 394 g/mol. The zero-order chi connectivity index (χ0) is 20.8. The third-order valence-electron chi connectivity index (χ3n) is 4.56. The Hall–Kier alpha value is -3.19. The van der Waals surface area contributed by atoms with E-state index < -0.39 is 17.9 Å². The molecule has 1 atom stereocenters. The monoisotopic (exact) mass is 413 g/mol. The van der Waals surface area contributed by atoms with Crippen LogP contribution in [0.15, 0.2) is 48.5 Å². The summed E-state index contributed by atoms with van der Waals surface area (Å²) in [5.41, 5.74) is 1.60. The topological polar surface area (TPSA) is 95.6 Å². The first-order valence-corrected chi connectivity index (χ1v) is 9.56. The summed E-state index contributed by atoms with van der Waals surface area (Å²) in [6.45, 7) is 0.528. The Balaban J connectivity index is 1.69. The number of halogens is 1. The van der Waals surface area contributed by atoms with Crippen LogP contribution in [0.1, 0.15) is 18.4 Å². The molecule has 29 heavy (non-hydrogen) atoms. The van der Waals surface area contributed by atoms with Crippen molar-refractivity contribution < 1.29 is 19.2 Å². The second-order valence-corrected chi connectivity index (χ2v) is 7.11. The van der Waals surface area contributed by atoms with Gasteiger partial charge in [0.25, 0.3) is 0 Å². The van der Waals surface area contributed by atoms with Crippen molar-refractivity contribution in [1.82, 2.24) is 5.32 Å². The molecule has 0 radical (unpaired) electrons. The molecule has 0 bridgehead atoms. The van der Waals surface area contributed by atoms with Gasteiger partial charge < -0.3 is 20.3 Å². The first-order valence-electron chi connectivity index (χ1n) is 9.19. The molecule has 2 aromatic carbocycles. The van der Waals surface area contributed by atoms with E-state index in [0.717, 1.165) is 12.0 Å². The summed E-state index contributed by atoms with van der Waals surface area (Å²) in [6, 6.07) is 13.0. The summed E-state index contributed by atoms with van der Waals surface area (Å²) >= 11 is 6.02. The first kappa shape index (κ1) is 20.5. The Morgan fingerprint density at radius 2 is 1.90 bits per heavy atom. The van der Waals surface area contributed by atoms with Crippen LogP contribution >= 0.6 is 11.6 Å². The van der Waals surface area contributed by atoms with E-state index in [1.165, 1.54) is 6.07 Å². The SMILES string of the molecule is O=CC(Cc1ccccc1)NC(=O)C(=O)Nc1cc(Cl)ccc1N1CCCC1=O. The molecule has 7 nitrogen and oxygen atoms in total. The van der Waals surface area contributed by atoms with Crippen LogP contribution in [0.4, 0.5) is 11.4 Å². The number of hydrogen-bond donors (Lipinski definition) is 2. The predicted octanol–water partition coefficient (Wildman–Crippen LogP) is 2.33. The van der Waals surface area contributed by atoms with Crippen molar-refractivity contribution in [2.75, 3.05) is 16.8 Å². The Labute approximate surface area is 173 Å². The number of hydrogen-bond acceptors (Lipinski definition) is 4. The molecule has 0 spiro atoms. The van der Waals surface area contributed by atoms with Gasteiger partial charge in [-0.15, -0.1) is 0 Å². The molecule has 1 fully saturated rings. The number of anilines is 2. The molecule has 1 aliphatic heterocycles. The molecule has 1 saturated heterocycles. The summed E-state index contributed by atoms with van der Waals surface area (Å²) < 4.78 is 0. The van der Waals surface area contributed by atoms with Crippen LogP contribution < -0.4 is 15.5 Å². The van der Waals surface area contributed by atoms with E-state index in [1.807, 2.05) is 30.3 Å². The molecule has 0 aromatic heterocycles. The van der Waals surface area contributed by atoms with Crippen LogP contribution in [-0.2, 0) is 25.6 Å². The lowest BCUT2D eigenvalue weighted by molar-refractivity contribution is -0.137. The van der Waals surface area contributed by atoms with Gasteiger partial charge in [-0.1, -0.05) is 41.9 Å². The van der Waals surface area contributed by atoms with Crippen molar-refractivity contribution in [2.24, 2.45) is 0 Å². The van der Waals surface area contributed by atoms with Gasteiger partial charge in [0.2, 0.25) is 5.91 Å². The van der Waals surface area contributed by atoms with Crippen molar-refractivity contribution >= 4 is 47.0 Å². The smallest absolute Gasteiger partial charge is 0.313 e. The summed E-state index contributed by atoms with van der Waals surface area (Å²) in [6.07, 6.45) is 2.01. The zero-order valence-corrected chi connectivity index (χ0v) is 16.3. The lowest BCUT2D eigenvalue weighted by Gasteiger charge is -2.20. The van der Waals surface area contributed by atoms with Crippen LogP contribution in [0.2, 0.25) is 5.02 Å². The van der Waals surface area contributed by atoms with Crippen LogP contribution in [0, 0.1) is 0 Å². The number of benzene rings is 2. The van der Waals surface area contributed by atoms with Gasteiger partial charge in [0.15, 0.2) is 0 Å². The molecule has 2 N–H and O–H groups in total. The highest BCUT2D eigenvalue weighted by Crippen LogP contribution is 2.32. The van der Waals surface area contributed by atoms with Gasteiger partial charge in [0.05, 0.1) is 17.4 Å². The maximum absolute atomic E-state index is 12.4. The molecule has 1 heterocycles. The molecule has 2 aromatic rings. The highest BCUT2D eigenvalue weighted by molar-refractivity contribution is 6.40. The number of nitrogens with zero attached hydrogens (tertiary/aromatic N) is 1. The molecule has 0 aliphatic carbocycles. The first-order chi connectivity index (χ1) is 14.0. The molecular formula is C21H20ClN3O4. The molecule has 1 aliphatic rings. The number of nitrogens with one attached hydrogen (secondary N) is 2. The van der Waals surface area contributed by atoms with Crippen molar-refractivity contribution in [3.63, 3.8) is 0 Å². The minimum Gasteiger partial charge on any atom is -0.338 e. The highest BCUT2D eigenvalue weighted by atomic mass is 35.5. The van der Waals surface area contributed by atoms with Gasteiger partial charge in [-0.25, -0.2) is 0 Å². The Bertz CT molecular complexity index is 933. The Morgan fingerprint density at radius 3 is 2.55 bits per heavy atom. The maximum atomic E-state index is 12.4. The maximum Gasteiger partial charge on any atom is 0.313 e. The third-order valence-corrected chi connectivity index (χ3v) is 4.79. The van der Waals surface area contributed by atoms with E-state index in [9.17, 15) is 19.2 Å². The quantitative estimate of drug-likeness (QED) is 0.561. The fourth-order valence-electron chi connectivity index (χ4n) is 3.16. The van der Waals surface area contributed by atoms with Crippen LogP contribution in [0.25, 0.3) is 0 Å². The number of aldehydes is 1. The van der Waals surface area contributed by atoms with E-state index in [-0.39, 0.29) is 18.0 Å².